The van der Waals surface area contributed by atoms with Crippen molar-refractivity contribution in [3.63, 3.8) is 0 Å². The van der Waals surface area contributed by atoms with Crippen molar-refractivity contribution < 1.29 is 13.9 Å². The summed E-state index contributed by atoms with van der Waals surface area (Å²) in [4.78, 5) is 8.98. The summed E-state index contributed by atoms with van der Waals surface area (Å²) in [5.74, 6) is 2.34. The van der Waals surface area contributed by atoms with Crippen molar-refractivity contribution in [1.29, 1.82) is 0 Å². The van der Waals surface area contributed by atoms with Gasteiger partial charge in [-0.3, -0.25) is 0 Å². The highest BCUT2D eigenvalue weighted by molar-refractivity contribution is 5.77. The maximum absolute atomic E-state index is 5.97. The molecule has 0 saturated heterocycles. The summed E-state index contributed by atoms with van der Waals surface area (Å²) in [7, 11) is 0. The predicted octanol–water partition coefficient (Wildman–Crippen LogP) is 6.28. The number of fused-ring (bicyclic) bond motifs is 1. The highest BCUT2D eigenvalue weighted by atomic mass is 16.5. The van der Waals surface area contributed by atoms with E-state index in [0.717, 1.165) is 28.0 Å². The number of oxazole rings is 1. The summed E-state index contributed by atoms with van der Waals surface area (Å²) < 4.78 is 17.7. The number of aromatic nitrogens is 2. The molecule has 0 aliphatic carbocycles. The molecular formula is C27H23N3O3. The van der Waals surface area contributed by atoms with E-state index in [1.54, 1.807) is 12.3 Å². The lowest BCUT2D eigenvalue weighted by atomic mass is 10.1. The van der Waals surface area contributed by atoms with Crippen LogP contribution in [0.2, 0.25) is 0 Å². The van der Waals surface area contributed by atoms with Crippen LogP contribution < -0.4 is 15.2 Å². The van der Waals surface area contributed by atoms with Crippen molar-refractivity contribution in [1.82, 2.24) is 9.97 Å². The number of benzene rings is 3. The number of nitrogens with zero attached hydrogens (tertiary/aromatic N) is 2. The average Bonchev–Trinajstić information content (AvgIpc) is 3.28. The van der Waals surface area contributed by atoms with Gasteiger partial charge in [0.05, 0.1) is 5.56 Å². The summed E-state index contributed by atoms with van der Waals surface area (Å²) >= 11 is 0. The Bertz CT molecular complexity index is 1360. The lowest BCUT2D eigenvalue weighted by Gasteiger charge is -2.09. The normalized spacial score (nSPS) is 11.9. The minimum absolute atomic E-state index is 0.0603. The van der Waals surface area contributed by atoms with Gasteiger partial charge in [-0.15, -0.1) is 0 Å². The van der Waals surface area contributed by atoms with Crippen LogP contribution in [0.1, 0.15) is 24.1 Å². The third-order valence-corrected chi connectivity index (χ3v) is 5.20. The summed E-state index contributed by atoms with van der Waals surface area (Å²) in [6.07, 6.45) is 1.68. The van der Waals surface area contributed by atoms with Gasteiger partial charge in [0.1, 0.15) is 23.6 Å². The fraction of sp³-hybridized carbons (Fsp3) is 0.111. The summed E-state index contributed by atoms with van der Waals surface area (Å²) in [5.41, 5.74) is 10.3. The van der Waals surface area contributed by atoms with Crippen LogP contribution >= 0.6 is 0 Å². The fourth-order valence-corrected chi connectivity index (χ4v) is 3.41. The van der Waals surface area contributed by atoms with E-state index >= 15 is 0 Å². The van der Waals surface area contributed by atoms with Gasteiger partial charge in [0.15, 0.2) is 5.58 Å². The number of hydrogen-bond acceptors (Lipinski definition) is 6. The van der Waals surface area contributed by atoms with Gasteiger partial charge in [0, 0.05) is 24.4 Å². The molecule has 2 N–H and O–H groups in total. The van der Waals surface area contributed by atoms with E-state index in [-0.39, 0.29) is 6.04 Å². The molecule has 0 amide bonds. The van der Waals surface area contributed by atoms with Gasteiger partial charge in [-0.2, -0.15) is 0 Å². The first-order valence-corrected chi connectivity index (χ1v) is 10.7. The first kappa shape index (κ1) is 20.7. The van der Waals surface area contributed by atoms with Gasteiger partial charge >= 0.3 is 0 Å². The molecule has 5 rings (SSSR count). The SMILES string of the molecule is CC(N)c1ccc2oc(-c3ccc(Oc4cccc(OCc5ccccc5)c4)nc3)nc2c1. The summed E-state index contributed by atoms with van der Waals surface area (Å²) in [6.45, 7) is 2.43. The molecular weight excluding hydrogens is 414 g/mol. The van der Waals surface area contributed by atoms with E-state index in [9.17, 15) is 0 Å². The number of rotatable bonds is 7. The molecule has 33 heavy (non-hydrogen) atoms. The van der Waals surface area contributed by atoms with Crippen LogP contribution in [0.3, 0.4) is 0 Å². The lowest BCUT2D eigenvalue weighted by molar-refractivity contribution is 0.304. The molecule has 0 bridgehead atoms. The van der Waals surface area contributed by atoms with Crippen molar-refractivity contribution >= 4 is 11.1 Å². The number of ether oxygens (including phenoxy) is 2. The van der Waals surface area contributed by atoms with Gasteiger partial charge < -0.3 is 19.6 Å². The van der Waals surface area contributed by atoms with Crippen LogP contribution in [0, 0.1) is 0 Å². The molecule has 0 aliphatic rings. The maximum atomic E-state index is 5.97. The van der Waals surface area contributed by atoms with Gasteiger partial charge in [-0.1, -0.05) is 42.5 Å². The van der Waals surface area contributed by atoms with Crippen molar-refractivity contribution in [3.8, 4) is 28.8 Å². The first-order valence-electron chi connectivity index (χ1n) is 10.7. The van der Waals surface area contributed by atoms with Gasteiger partial charge in [0.25, 0.3) is 0 Å². The number of hydrogen-bond donors (Lipinski definition) is 1. The Hall–Kier alpha value is -4.16. The standard InChI is InChI=1S/C27H23N3O3/c1-18(28)20-10-12-25-24(14-20)30-27(33-25)21-11-13-26(29-16-21)32-23-9-5-8-22(15-23)31-17-19-6-3-2-4-7-19/h2-16,18H,17,28H2,1H3. The molecule has 5 aromatic rings. The largest absolute Gasteiger partial charge is 0.489 e. The van der Waals surface area contributed by atoms with E-state index in [4.69, 9.17) is 19.6 Å². The van der Waals surface area contributed by atoms with Crippen LogP contribution in [0.25, 0.3) is 22.6 Å². The number of nitrogens with two attached hydrogens (primary N) is 1. The van der Waals surface area contributed by atoms with Crippen LogP contribution in [0.5, 0.6) is 17.4 Å². The molecule has 0 spiro atoms. The van der Waals surface area contributed by atoms with Gasteiger partial charge in [-0.25, -0.2) is 9.97 Å². The Balaban J connectivity index is 1.28. The van der Waals surface area contributed by atoms with Gasteiger partial charge in [-0.05, 0) is 48.4 Å². The van der Waals surface area contributed by atoms with Crippen molar-refractivity contribution in [3.05, 3.63) is 102 Å². The highest BCUT2D eigenvalue weighted by Crippen LogP contribution is 2.28. The zero-order valence-electron chi connectivity index (χ0n) is 18.1. The minimum atomic E-state index is -0.0603. The molecule has 1 unspecified atom stereocenters. The topological polar surface area (TPSA) is 83.4 Å². The van der Waals surface area contributed by atoms with Crippen molar-refractivity contribution in [2.45, 2.75) is 19.6 Å². The Morgan fingerprint density at radius 1 is 0.909 bits per heavy atom. The zero-order chi connectivity index (χ0) is 22.6. The zero-order valence-corrected chi connectivity index (χ0v) is 18.1. The van der Waals surface area contributed by atoms with E-state index in [0.29, 0.717) is 29.7 Å². The maximum Gasteiger partial charge on any atom is 0.228 e. The lowest BCUT2D eigenvalue weighted by Crippen LogP contribution is -2.04. The molecule has 6 heteroatoms. The van der Waals surface area contributed by atoms with Crippen LogP contribution in [-0.2, 0) is 6.61 Å². The molecule has 6 nitrogen and oxygen atoms in total. The minimum Gasteiger partial charge on any atom is -0.489 e. The first-order chi connectivity index (χ1) is 16.1. The van der Waals surface area contributed by atoms with E-state index < -0.39 is 0 Å². The van der Waals surface area contributed by atoms with Crippen LogP contribution in [0.4, 0.5) is 0 Å². The molecule has 2 heterocycles. The van der Waals surface area contributed by atoms with E-state index in [2.05, 4.69) is 9.97 Å². The Labute approximate surface area is 191 Å². The van der Waals surface area contributed by atoms with Crippen LogP contribution in [0.15, 0.2) is 95.5 Å². The van der Waals surface area contributed by atoms with Crippen molar-refractivity contribution in [2.24, 2.45) is 5.73 Å². The molecule has 0 aliphatic heterocycles. The Morgan fingerprint density at radius 2 is 1.76 bits per heavy atom. The second kappa shape index (κ2) is 9.14. The summed E-state index contributed by atoms with van der Waals surface area (Å²) in [6, 6.07) is 26.9. The molecule has 0 saturated carbocycles. The Kier molecular flexibility index (Phi) is 5.74. The Morgan fingerprint density at radius 3 is 2.55 bits per heavy atom. The smallest absolute Gasteiger partial charge is 0.228 e. The quantitative estimate of drug-likeness (QED) is 0.323. The third kappa shape index (κ3) is 4.86. The van der Waals surface area contributed by atoms with Crippen molar-refractivity contribution in [2.75, 3.05) is 0 Å². The van der Waals surface area contributed by atoms with E-state index in [1.165, 1.54) is 0 Å². The fourth-order valence-electron chi connectivity index (χ4n) is 3.41. The molecule has 1 atom stereocenters. The second-order valence-electron chi connectivity index (χ2n) is 7.77. The molecule has 0 fully saturated rings. The molecule has 3 aromatic carbocycles. The summed E-state index contributed by atoms with van der Waals surface area (Å²) in [5, 5.41) is 0. The van der Waals surface area contributed by atoms with Gasteiger partial charge in [0.2, 0.25) is 11.8 Å². The van der Waals surface area contributed by atoms with Crippen LogP contribution in [-0.4, -0.2) is 9.97 Å². The molecule has 164 valence electrons. The second-order valence-corrected chi connectivity index (χ2v) is 7.77. The number of pyridine rings is 1. The highest BCUT2D eigenvalue weighted by Gasteiger charge is 2.11. The predicted molar refractivity (Wildman–Crippen MR) is 127 cm³/mol. The average molecular weight is 437 g/mol. The monoisotopic (exact) mass is 437 g/mol. The molecule has 2 aromatic heterocycles. The van der Waals surface area contributed by atoms with E-state index in [1.807, 2.05) is 85.8 Å². The molecule has 0 radical (unpaired) electrons. The third-order valence-electron chi connectivity index (χ3n) is 5.20.